The van der Waals surface area contributed by atoms with Crippen LogP contribution in [0.5, 0.6) is 0 Å². The van der Waals surface area contributed by atoms with Crippen LogP contribution in [-0.4, -0.2) is 109 Å². The Morgan fingerprint density at radius 2 is 1.57 bits per heavy atom. The molecule has 0 aromatic heterocycles. The van der Waals surface area contributed by atoms with E-state index in [-0.39, 0.29) is 31.0 Å². The van der Waals surface area contributed by atoms with Gasteiger partial charge in [0.15, 0.2) is 0 Å². The minimum atomic E-state index is -1.62. The van der Waals surface area contributed by atoms with Gasteiger partial charge in [-0.15, -0.1) is 0 Å². The Kier molecular flexibility index (Phi) is 8.24. The minimum absolute atomic E-state index is 0.125. The Labute approximate surface area is 271 Å². The largest absolute Gasteiger partial charge is 0.432 e. The van der Waals surface area contributed by atoms with Crippen molar-refractivity contribution in [2.75, 3.05) is 13.2 Å². The molecule has 11 heteroatoms. The number of carbonyl (C=O) groups excluding carboxylic acids is 1. The highest BCUT2D eigenvalue weighted by molar-refractivity contribution is 5.79. The highest BCUT2D eigenvalue weighted by Gasteiger charge is 2.74. The van der Waals surface area contributed by atoms with Crippen molar-refractivity contribution < 1.29 is 55.1 Å². The molecule has 0 amide bonds. The zero-order valence-electron chi connectivity index (χ0n) is 28.1. The lowest BCUT2D eigenvalue weighted by Gasteiger charge is -2.72. The van der Waals surface area contributed by atoms with E-state index < -0.39 is 87.5 Å². The van der Waals surface area contributed by atoms with Crippen LogP contribution in [-0.2, 0) is 14.3 Å². The third-order valence-corrected chi connectivity index (χ3v) is 15.4. The summed E-state index contributed by atoms with van der Waals surface area (Å²) in [5, 5.41) is 87.5. The molecule has 1 aliphatic heterocycles. The molecule has 8 N–H and O–H groups in total. The third-order valence-electron chi connectivity index (χ3n) is 15.4. The summed E-state index contributed by atoms with van der Waals surface area (Å²) in [5.41, 5.74) is -4.15. The summed E-state index contributed by atoms with van der Waals surface area (Å²) < 4.78 is 11.3. The van der Waals surface area contributed by atoms with Gasteiger partial charge in [0.2, 0.25) is 6.29 Å². The van der Waals surface area contributed by atoms with E-state index in [2.05, 4.69) is 19.9 Å². The summed E-state index contributed by atoms with van der Waals surface area (Å²) in [7, 11) is 0. The van der Waals surface area contributed by atoms with E-state index in [1.54, 1.807) is 13.8 Å². The SMILES string of the molecule is CC1CCC2(C(=O)OC3OCC(O)C(O)C3O)CCC3(C)C(=CCC4C5(C)C(O)C(O)C(O)C(C)(CO)C5CCC43C)C2C1(C)O. The van der Waals surface area contributed by atoms with Crippen molar-refractivity contribution in [3.05, 3.63) is 11.6 Å². The first-order valence-electron chi connectivity index (χ1n) is 17.2. The van der Waals surface area contributed by atoms with Gasteiger partial charge < -0.3 is 50.3 Å². The van der Waals surface area contributed by atoms with Gasteiger partial charge in [-0.05, 0) is 80.5 Å². The van der Waals surface area contributed by atoms with Crippen LogP contribution in [0, 0.1) is 50.7 Å². The van der Waals surface area contributed by atoms with Crippen LogP contribution in [0.1, 0.15) is 86.5 Å². The van der Waals surface area contributed by atoms with E-state index in [0.29, 0.717) is 38.5 Å². The van der Waals surface area contributed by atoms with Crippen LogP contribution in [0.2, 0.25) is 0 Å². The maximum absolute atomic E-state index is 14.3. The van der Waals surface area contributed by atoms with Crippen molar-refractivity contribution >= 4 is 5.97 Å². The van der Waals surface area contributed by atoms with Crippen molar-refractivity contribution in [2.45, 2.75) is 135 Å². The van der Waals surface area contributed by atoms with Gasteiger partial charge in [-0.3, -0.25) is 4.79 Å². The molecule has 0 bridgehead atoms. The fourth-order valence-electron chi connectivity index (χ4n) is 12.0. The number of hydrogen-bond acceptors (Lipinski definition) is 11. The van der Waals surface area contributed by atoms with E-state index in [4.69, 9.17) is 9.47 Å². The lowest BCUT2D eigenvalue weighted by molar-refractivity contribution is -0.290. The normalized spacial score (nSPS) is 58.5. The van der Waals surface area contributed by atoms with Gasteiger partial charge in [0.1, 0.15) is 24.4 Å². The summed E-state index contributed by atoms with van der Waals surface area (Å²) in [6.45, 7) is 11.4. The molecule has 5 aliphatic carbocycles. The molecule has 6 aliphatic rings. The molecule has 1 saturated heterocycles. The zero-order chi connectivity index (χ0) is 34.0. The lowest BCUT2D eigenvalue weighted by atomic mass is 9.32. The summed E-state index contributed by atoms with van der Waals surface area (Å²) in [6.07, 6.45) is -3.71. The third kappa shape index (κ3) is 4.19. The van der Waals surface area contributed by atoms with Gasteiger partial charge in [0.05, 0.1) is 36.4 Å². The van der Waals surface area contributed by atoms with Crippen molar-refractivity contribution in [3.8, 4) is 0 Å². The highest BCUT2D eigenvalue weighted by Crippen LogP contribution is 2.76. The number of esters is 1. The quantitative estimate of drug-likeness (QED) is 0.160. The minimum Gasteiger partial charge on any atom is -0.432 e. The fraction of sp³-hybridized carbons (Fsp3) is 0.914. The second kappa shape index (κ2) is 10.9. The summed E-state index contributed by atoms with van der Waals surface area (Å²) in [4.78, 5) is 14.3. The molecule has 0 aromatic carbocycles. The van der Waals surface area contributed by atoms with E-state index in [1.165, 1.54) is 0 Å². The molecule has 17 unspecified atom stereocenters. The molecule has 262 valence electrons. The monoisotopic (exact) mass is 652 g/mol. The van der Waals surface area contributed by atoms with E-state index in [0.717, 1.165) is 12.0 Å². The lowest BCUT2D eigenvalue weighted by Crippen LogP contribution is -2.73. The zero-order valence-corrected chi connectivity index (χ0v) is 28.1. The Morgan fingerprint density at radius 1 is 0.891 bits per heavy atom. The summed E-state index contributed by atoms with van der Waals surface area (Å²) in [6, 6.07) is 0. The number of hydrogen-bond donors (Lipinski definition) is 8. The van der Waals surface area contributed by atoms with Gasteiger partial charge in [-0.1, -0.05) is 46.3 Å². The number of ether oxygens (including phenoxy) is 2. The topological polar surface area (TPSA) is 197 Å². The number of carbonyl (C=O) groups is 1. The molecule has 17 atom stereocenters. The van der Waals surface area contributed by atoms with Crippen molar-refractivity contribution in [2.24, 2.45) is 50.7 Å². The molecule has 11 nitrogen and oxygen atoms in total. The number of rotatable bonds is 3. The number of aliphatic hydroxyl groups is 8. The molecule has 4 saturated carbocycles. The fourth-order valence-corrected chi connectivity index (χ4v) is 12.0. The van der Waals surface area contributed by atoms with Gasteiger partial charge >= 0.3 is 5.97 Å². The molecule has 46 heavy (non-hydrogen) atoms. The first-order chi connectivity index (χ1) is 21.3. The second-order valence-electron chi connectivity index (χ2n) is 17.1. The Balaban J connectivity index is 1.42. The standard InChI is InChI=1S/C35H56O11/c1-17-9-12-35(29(43)46-28-23(39)22(38)19(37)15-45-28)14-13-31(3)18(25(35)34(17,6)44)7-8-21-32(31,4)11-10-20-30(2,16-36)26(41)24(40)27(42)33(20,21)5/h7,17,19-28,36-42,44H,8-16H2,1-6H3. The maximum Gasteiger partial charge on any atom is 0.315 e. The predicted molar refractivity (Wildman–Crippen MR) is 164 cm³/mol. The number of fused-ring (bicyclic) bond motifs is 7. The Hall–Kier alpha value is -1.15. The molecular weight excluding hydrogens is 596 g/mol. The first-order valence-corrected chi connectivity index (χ1v) is 17.2. The average molecular weight is 653 g/mol. The van der Waals surface area contributed by atoms with Crippen molar-refractivity contribution in [1.82, 2.24) is 0 Å². The van der Waals surface area contributed by atoms with Gasteiger partial charge in [-0.2, -0.15) is 0 Å². The summed E-state index contributed by atoms with van der Waals surface area (Å²) in [5.74, 6) is -1.71. The van der Waals surface area contributed by atoms with Crippen LogP contribution in [0.3, 0.4) is 0 Å². The molecule has 6 rings (SSSR count). The number of aliphatic hydroxyl groups excluding tert-OH is 7. The van der Waals surface area contributed by atoms with Crippen LogP contribution in [0.25, 0.3) is 0 Å². The van der Waals surface area contributed by atoms with Gasteiger partial charge in [0.25, 0.3) is 0 Å². The molecule has 0 radical (unpaired) electrons. The van der Waals surface area contributed by atoms with Gasteiger partial charge in [-0.25, -0.2) is 0 Å². The average Bonchev–Trinajstić information content (AvgIpc) is 3.01. The molecule has 0 aromatic rings. The smallest absolute Gasteiger partial charge is 0.315 e. The van der Waals surface area contributed by atoms with Gasteiger partial charge in [0, 0.05) is 16.7 Å². The number of allylic oxidation sites excluding steroid dienone is 1. The van der Waals surface area contributed by atoms with Crippen LogP contribution in [0.15, 0.2) is 11.6 Å². The van der Waals surface area contributed by atoms with E-state index in [9.17, 15) is 45.6 Å². The molecule has 5 fully saturated rings. The van der Waals surface area contributed by atoms with Crippen molar-refractivity contribution in [1.29, 1.82) is 0 Å². The van der Waals surface area contributed by atoms with E-state index >= 15 is 0 Å². The molecular formula is C35H56O11. The van der Waals surface area contributed by atoms with Crippen molar-refractivity contribution in [3.63, 3.8) is 0 Å². The predicted octanol–water partition coefficient (Wildman–Crippen LogP) is 1.02. The second-order valence-corrected chi connectivity index (χ2v) is 17.1. The van der Waals surface area contributed by atoms with Crippen LogP contribution >= 0.6 is 0 Å². The Morgan fingerprint density at radius 3 is 2.22 bits per heavy atom. The van der Waals surface area contributed by atoms with Crippen LogP contribution < -0.4 is 0 Å². The maximum atomic E-state index is 14.3. The summed E-state index contributed by atoms with van der Waals surface area (Å²) >= 11 is 0. The Bertz CT molecular complexity index is 1250. The van der Waals surface area contributed by atoms with E-state index in [1.807, 2.05) is 13.8 Å². The highest BCUT2D eigenvalue weighted by atomic mass is 16.7. The molecule has 0 spiro atoms. The van der Waals surface area contributed by atoms with Crippen LogP contribution in [0.4, 0.5) is 0 Å². The first kappa shape index (κ1) is 34.7. The molecule has 1 heterocycles.